The molecule has 1 aliphatic heterocycles. The Labute approximate surface area is 144 Å². The minimum absolute atomic E-state index is 0.108. The lowest BCUT2D eigenvalue weighted by atomic mass is 10.1. The number of para-hydroxylation sites is 2. The van der Waals surface area contributed by atoms with Gasteiger partial charge in [0, 0.05) is 6.42 Å². The molecule has 0 bridgehead atoms. The monoisotopic (exact) mass is 320 g/mol. The zero-order valence-electron chi connectivity index (χ0n) is 15.1. The standard InChI is InChI=1S/C21H24N2O/c1-13-8-6-9-14(2)19(13)22-18-12-17(5)24-21(18)23-20-15(3)10-7-11-16(20)4/h6-11,17H,12H2,1-5H3. The predicted molar refractivity (Wildman–Crippen MR) is 101 cm³/mol. The number of nitrogens with zero attached hydrogens (tertiary/aromatic N) is 2. The fourth-order valence-corrected chi connectivity index (χ4v) is 3.04. The summed E-state index contributed by atoms with van der Waals surface area (Å²) in [4.78, 5) is 9.71. The van der Waals surface area contributed by atoms with Gasteiger partial charge in [0.25, 0.3) is 0 Å². The van der Waals surface area contributed by atoms with Gasteiger partial charge in [-0.25, -0.2) is 9.98 Å². The second kappa shape index (κ2) is 6.60. The number of benzene rings is 2. The molecule has 1 saturated heterocycles. The SMILES string of the molecule is Cc1cccc(C)c1N=C1CC(C)OC1=Nc1c(C)cccc1C. The Morgan fingerprint density at radius 2 is 1.25 bits per heavy atom. The largest absolute Gasteiger partial charge is 0.473 e. The smallest absolute Gasteiger partial charge is 0.236 e. The average molecular weight is 320 g/mol. The molecule has 1 unspecified atom stereocenters. The van der Waals surface area contributed by atoms with Gasteiger partial charge in [0.05, 0.1) is 11.4 Å². The summed E-state index contributed by atoms with van der Waals surface area (Å²) < 4.78 is 5.96. The highest BCUT2D eigenvalue weighted by atomic mass is 16.5. The molecule has 0 aliphatic carbocycles. The van der Waals surface area contributed by atoms with Crippen LogP contribution in [0.5, 0.6) is 0 Å². The van der Waals surface area contributed by atoms with Crippen molar-refractivity contribution in [2.24, 2.45) is 9.98 Å². The minimum atomic E-state index is 0.108. The van der Waals surface area contributed by atoms with E-state index in [4.69, 9.17) is 14.7 Å². The molecule has 2 aromatic rings. The van der Waals surface area contributed by atoms with Crippen LogP contribution in [-0.2, 0) is 4.74 Å². The van der Waals surface area contributed by atoms with E-state index in [1.807, 2.05) is 0 Å². The van der Waals surface area contributed by atoms with Crippen LogP contribution in [-0.4, -0.2) is 17.7 Å². The molecule has 3 rings (SSSR count). The highest BCUT2D eigenvalue weighted by Crippen LogP contribution is 2.28. The first kappa shape index (κ1) is 16.4. The van der Waals surface area contributed by atoms with Crippen molar-refractivity contribution < 1.29 is 4.74 Å². The van der Waals surface area contributed by atoms with Crippen molar-refractivity contribution >= 4 is 23.0 Å². The first-order valence-electron chi connectivity index (χ1n) is 8.41. The molecular weight excluding hydrogens is 296 g/mol. The van der Waals surface area contributed by atoms with Crippen LogP contribution in [0, 0.1) is 27.7 Å². The Kier molecular flexibility index (Phi) is 4.52. The van der Waals surface area contributed by atoms with Gasteiger partial charge in [0.2, 0.25) is 5.90 Å². The molecule has 3 heteroatoms. The molecule has 124 valence electrons. The quantitative estimate of drug-likeness (QED) is 0.716. The van der Waals surface area contributed by atoms with E-state index in [9.17, 15) is 0 Å². The number of ether oxygens (including phenoxy) is 1. The Morgan fingerprint density at radius 1 is 0.792 bits per heavy atom. The van der Waals surface area contributed by atoms with E-state index < -0.39 is 0 Å². The Balaban J connectivity index is 2.07. The summed E-state index contributed by atoms with van der Waals surface area (Å²) in [5, 5.41) is 0. The third-order valence-electron chi connectivity index (χ3n) is 4.38. The Bertz CT molecular complexity index is 724. The fraction of sp³-hybridized carbons (Fsp3) is 0.333. The molecule has 2 aromatic carbocycles. The van der Waals surface area contributed by atoms with E-state index in [0.717, 1.165) is 34.6 Å². The summed E-state index contributed by atoms with van der Waals surface area (Å²) in [5.74, 6) is 0.655. The molecule has 0 N–H and O–H groups in total. The second-order valence-corrected chi connectivity index (χ2v) is 6.59. The molecule has 0 spiro atoms. The Hall–Kier alpha value is -2.42. The molecule has 1 aliphatic rings. The zero-order valence-corrected chi connectivity index (χ0v) is 15.1. The molecule has 3 nitrogen and oxygen atoms in total. The van der Waals surface area contributed by atoms with Crippen molar-refractivity contribution in [2.45, 2.75) is 47.1 Å². The number of hydrogen-bond acceptors (Lipinski definition) is 3. The topological polar surface area (TPSA) is 34.0 Å². The van der Waals surface area contributed by atoms with E-state index in [1.54, 1.807) is 0 Å². The maximum atomic E-state index is 5.96. The van der Waals surface area contributed by atoms with E-state index in [1.165, 1.54) is 11.1 Å². The summed E-state index contributed by atoms with van der Waals surface area (Å²) in [7, 11) is 0. The Morgan fingerprint density at radius 3 is 1.75 bits per heavy atom. The predicted octanol–water partition coefficient (Wildman–Crippen LogP) is 5.53. The molecule has 0 saturated carbocycles. The summed E-state index contributed by atoms with van der Waals surface area (Å²) in [5.41, 5.74) is 7.59. The van der Waals surface area contributed by atoms with Crippen molar-refractivity contribution in [2.75, 3.05) is 0 Å². The van der Waals surface area contributed by atoms with Crippen LogP contribution < -0.4 is 0 Å². The third-order valence-corrected chi connectivity index (χ3v) is 4.38. The molecule has 0 amide bonds. The van der Waals surface area contributed by atoms with E-state index in [-0.39, 0.29) is 6.10 Å². The highest BCUT2D eigenvalue weighted by Gasteiger charge is 2.26. The van der Waals surface area contributed by atoms with Crippen LogP contribution in [0.4, 0.5) is 11.4 Å². The van der Waals surface area contributed by atoms with Crippen molar-refractivity contribution in [3.63, 3.8) is 0 Å². The summed E-state index contributed by atoms with van der Waals surface area (Å²) in [6.07, 6.45) is 0.897. The van der Waals surface area contributed by atoms with Crippen LogP contribution in [0.2, 0.25) is 0 Å². The van der Waals surface area contributed by atoms with Gasteiger partial charge in [-0.2, -0.15) is 0 Å². The van der Waals surface area contributed by atoms with Gasteiger partial charge in [-0.3, -0.25) is 0 Å². The van der Waals surface area contributed by atoms with Crippen LogP contribution in [0.3, 0.4) is 0 Å². The van der Waals surface area contributed by atoms with Crippen molar-refractivity contribution in [1.29, 1.82) is 0 Å². The molecule has 0 aromatic heterocycles. The van der Waals surface area contributed by atoms with Crippen molar-refractivity contribution in [3.05, 3.63) is 58.7 Å². The zero-order chi connectivity index (χ0) is 17.3. The van der Waals surface area contributed by atoms with E-state index in [0.29, 0.717) is 5.90 Å². The van der Waals surface area contributed by atoms with E-state index in [2.05, 4.69) is 71.0 Å². The summed E-state index contributed by atoms with van der Waals surface area (Å²) >= 11 is 0. The van der Waals surface area contributed by atoms with Gasteiger partial charge >= 0.3 is 0 Å². The molecule has 0 radical (unpaired) electrons. The number of rotatable bonds is 2. The van der Waals surface area contributed by atoms with Crippen LogP contribution in [0.15, 0.2) is 46.4 Å². The van der Waals surface area contributed by atoms with E-state index >= 15 is 0 Å². The molecule has 24 heavy (non-hydrogen) atoms. The van der Waals surface area contributed by atoms with Gasteiger partial charge in [0.15, 0.2) is 0 Å². The van der Waals surface area contributed by atoms with Gasteiger partial charge in [-0.15, -0.1) is 0 Å². The second-order valence-electron chi connectivity index (χ2n) is 6.59. The highest BCUT2D eigenvalue weighted by molar-refractivity contribution is 6.41. The first-order valence-corrected chi connectivity index (χ1v) is 8.41. The molecule has 1 heterocycles. The lowest BCUT2D eigenvalue weighted by molar-refractivity contribution is 0.241. The van der Waals surface area contributed by atoms with Crippen LogP contribution in [0.25, 0.3) is 0 Å². The lowest BCUT2D eigenvalue weighted by Gasteiger charge is -2.08. The van der Waals surface area contributed by atoms with Crippen LogP contribution >= 0.6 is 0 Å². The van der Waals surface area contributed by atoms with Gasteiger partial charge in [-0.05, 0) is 56.9 Å². The summed E-state index contributed by atoms with van der Waals surface area (Å²) in [6.45, 7) is 10.4. The van der Waals surface area contributed by atoms with Gasteiger partial charge in [0.1, 0.15) is 11.8 Å². The maximum Gasteiger partial charge on any atom is 0.236 e. The minimum Gasteiger partial charge on any atom is -0.473 e. The lowest BCUT2D eigenvalue weighted by Crippen LogP contribution is -2.07. The van der Waals surface area contributed by atoms with Crippen LogP contribution in [0.1, 0.15) is 35.6 Å². The fourth-order valence-electron chi connectivity index (χ4n) is 3.04. The molecule has 1 fully saturated rings. The summed E-state index contributed by atoms with van der Waals surface area (Å²) in [6, 6.07) is 12.5. The first-order chi connectivity index (χ1) is 11.5. The molecule has 1 atom stereocenters. The third kappa shape index (κ3) is 3.25. The number of aliphatic imine (C=N–C) groups is 2. The average Bonchev–Trinajstić information content (AvgIpc) is 2.87. The maximum absolute atomic E-state index is 5.96. The van der Waals surface area contributed by atoms with Crippen molar-refractivity contribution in [3.8, 4) is 0 Å². The van der Waals surface area contributed by atoms with Gasteiger partial charge < -0.3 is 4.74 Å². The molecular formula is C21H24N2O. The van der Waals surface area contributed by atoms with Crippen molar-refractivity contribution in [1.82, 2.24) is 0 Å². The normalized spacial score (nSPS) is 20.6. The number of hydrogen-bond donors (Lipinski definition) is 0. The van der Waals surface area contributed by atoms with Gasteiger partial charge in [-0.1, -0.05) is 36.4 Å². The number of aryl methyl sites for hydroxylation is 4.